The molecule has 9 nitrogen and oxygen atoms in total. The number of carboxylic acid groups (broad SMARTS) is 1. The number of carbonyl (C=O) groups is 1. The minimum absolute atomic E-state index is 0.248. The van der Waals surface area contributed by atoms with Crippen LogP contribution in [-0.4, -0.2) is 64.4 Å². The summed E-state index contributed by atoms with van der Waals surface area (Å²) in [6.07, 6.45) is 7.41. The molecule has 47 heavy (non-hydrogen) atoms. The van der Waals surface area contributed by atoms with E-state index in [1.54, 1.807) is 0 Å². The summed E-state index contributed by atoms with van der Waals surface area (Å²) in [6.45, 7) is 19.8. The highest BCUT2D eigenvalue weighted by molar-refractivity contribution is 5.88. The van der Waals surface area contributed by atoms with Gasteiger partial charge in [0, 0.05) is 68.0 Å². The number of rotatable bonds is 7. The zero-order valence-corrected chi connectivity index (χ0v) is 29.4. The van der Waals surface area contributed by atoms with Crippen LogP contribution >= 0.6 is 0 Å². The molecule has 2 fully saturated rings. The van der Waals surface area contributed by atoms with Gasteiger partial charge < -0.3 is 24.5 Å². The van der Waals surface area contributed by atoms with Crippen molar-refractivity contribution in [3.63, 3.8) is 0 Å². The maximum Gasteiger partial charge on any atom is 0.337 e. The smallest absolute Gasteiger partial charge is 0.337 e. The molecule has 0 radical (unpaired) electrons. The summed E-state index contributed by atoms with van der Waals surface area (Å²) in [6, 6.07) is 8.78. The zero-order chi connectivity index (χ0) is 33.5. The molecule has 0 amide bonds. The predicted octanol–water partition coefficient (Wildman–Crippen LogP) is 7.28. The standard InChI is InChI=1S/C38H52N6O3/c1-25-31(33(42-21-15-38(6,7)16-22-42)32(26(2)40-25)34(35(45)46)47-37(3,4)5)28-11-12-29-24-44(20-14-27(29)23-28)30-13-17-39-36(41-30)43-18-9-8-10-19-43/h11-13,17,23,34H,8-10,14-16,18-22,24H2,1-7H3,(H,45,46)/t34-/m0/s1. The molecule has 0 aliphatic carbocycles. The summed E-state index contributed by atoms with van der Waals surface area (Å²) in [5.74, 6) is 0.828. The van der Waals surface area contributed by atoms with E-state index in [0.717, 1.165) is 92.8 Å². The number of aryl methyl sites for hydroxylation is 2. The van der Waals surface area contributed by atoms with Gasteiger partial charge in [-0.15, -0.1) is 0 Å². The Morgan fingerprint density at radius 2 is 1.62 bits per heavy atom. The Kier molecular flexibility index (Phi) is 9.22. The number of anilines is 3. The molecule has 9 heteroatoms. The first kappa shape index (κ1) is 33.2. The van der Waals surface area contributed by atoms with Gasteiger partial charge in [-0.1, -0.05) is 32.0 Å². The Bertz CT molecular complexity index is 1610. The third kappa shape index (κ3) is 7.25. The second-order valence-corrected chi connectivity index (χ2v) is 15.4. The van der Waals surface area contributed by atoms with Crippen molar-refractivity contribution >= 4 is 23.4 Å². The van der Waals surface area contributed by atoms with E-state index >= 15 is 0 Å². The minimum atomic E-state index is -1.12. The minimum Gasteiger partial charge on any atom is -0.479 e. The quantitative estimate of drug-likeness (QED) is 0.286. The fourth-order valence-electron chi connectivity index (χ4n) is 7.42. The monoisotopic (exact) mass is 640 g/mol. The van der Waals surface area contributed by atoms with E-state index in [1.165, 1.54) is 30.4 Å². The van der Waals surface area contributed by atoms with Crippen LogP contribution in [0, 0.1) is 19.3 Å². The fourth-order valence-corrected chi connectivity index (χ4v) is 7.42. The van der Waals surface area contributed by atoms with Gasteiger partial charge in [0.15, 0.2) is 6.10 Å². The first-order valence-corrected chi connectivity index (χ1v) is 17.4. The molecular formula is C38H52N6O3. The largest absolute Gasteiger partial charge is 0.479 e. The van der Waals surface area contributed by atoms with Crippen LogP contribution in [0.5, 0.6) is 0 Å². The van der Waals surface area contributed by atoms with Gasteiger partial charge in [-0.3, -0.25) is 4.98 Å². The third-order valence-electron chi connectivity index (χ3n) is 10.1. The molecule has 0 bridgehead atoms. The van der Waals surface area contributed by atoms with Gasteiger partial charge in [0.1, 0.15) is 5.82 Å². The van der Waals surface area contributed by atoms with Crippen molar-refractivity contribution < 1.29 is 14.6 Å². The number of carboxylic acids is 1. The molecule has 1 aromatic carbocycles. The molecule has 2 saturated heterocycles. The molecule has 0 saturated carbocycles. The van der Waals surface area contributed by atoms with Gasteiger partial charge in [0.25, 0.3) is 0 Å². The number of benzene rings is 1. The second kappa shape index (κ2) is 13.1. The van der Waals surface area contributed by atoms with Crippen LogP contribution in [-0.2, 0) is 22.5 Å². The molecule has 3 aliphatic rings. The Morgan fingerprint density at radius 3 is 2.30 bits per heavy atom. The number of aliphatic carboxylic acids is 1. The van der Waals surface area contributed by atoms with Crippen LogP contribution in [0.2, 0.25) is 0 Å². The van der Waals surface area contributed by atoms with Crippen LogP contribution in [0.15, 0.2) is 30.5 Å². The molecular weight excluding hydrogens is 588 g/mol. The van der Waals surface area contributed by atoms with Gasteiger partial charge >= 0.3 is 5.97 Å². The molecule has 252 valence electrons. The normalized spacial score (nSPS) is 19.0. The second-order valence-electron chi connectivity index (χ2n) is 15.4. The number of ether oxygens (including phenoxy) is 1. The van der Waals surface area contributed by atoms with Crippen molar-refractivity contribution in [2.24, 2.45) is 5.41 Å². The van der Waals surface area contributed by atoms with E-state index in [-0.39, 0.29) is 5.41 Å². The van der Waals surface area contributed by atoms with Crippen molar-refractivity contribution in [1.82, 2.24) is 15.0 Å². The van der Waals surface area contributed by atoms with E-state index < -0.39 is 17.7 Å². The Labute approximate surface area is 280 Å². The molecule has 3 aromatic rings. The van der Waals surface area contributed by atoms with Gasteiger partial charge in [0.05, 0.1) is 11.3 Å². The van der Waals surface area contributed by atoms with Crippen LogP contribution in [0.25, 0.3) is 11.1 Å². The highest BCUT2D eigenvalue weighted by Crippen LogP contribution is 2.45. The third-order valence-corrected chi connectivity index (χ3v) is 10.1. The van der Waals surface area contributed by atoms with Crippen molar-refractivity contribution in [3.8, 4) is 11.1 Å². The van der Waals surface area contributed by atoms with E-state index in [0.29, 0.717) is 11.3 Å². The van der Waals surface area contributed by atoms with E-state index in [9.17, 15) is 9.90 Å². The highest BCUT2D eigenvalue weighted by atomic mass is 16.5. The summed E-state index contributed by atoms with van der Waals surface area (Å²) in [5.41, 5.74) is 7.57. The van der Waals surface area contributed by atoms with Gasteiger partial charge in [-0.2, -0.15) is 4.98 Å². The highest BCUT2D eigenvalue weighted by Gasteiger charge is 2.36. The first-order chi connectivity index (χ1) is 22.3. The Balaban J connectivity index is 1.37. The Morgan fingerprint density at radius 1 is 0.894 bits per heavy atom. The lowest BCUT2D eigenvalue weighted by atomic mass is 9.81. The van der Waals surface area contributed by atoms with Crippen LogP contribution in [0.1, 0.15) is 101 Å². The Hall–Kier alpha value is -3.72. The van der Waals surface area contributed by atoms with Crippen LogP contribution < -0.4 is 14.7 Å². The van der Waals surface area contributed by atoms with Crippen molar-refractivity contribution in [1.29, 1.82) is 0 Å². The average molecular weight is 641 g/mol. The summed E-state index contributed by atoms with van der Waals surface area (Å²) in [5, 5.41) is 10.5. The van der Waals surface area contributed by atoms with E-state index in [2.05, 4.69) is 58.7 Å². The SMILES string of the molecule is Cc1nc(C)c([C@H](OC(C)(C)C)C(=O)O)c(N2CCC(C)(C)CC2)c1-c1ccc2c(c1)CCN(c1ccnc(N3CCCCC3)n1)C2. The molecule has 6 rings (SSSR count). The number of nitrogens with zero attached hydrogens (tertiary/aromatic N) is 6. The number of fused-ring (bicyclic) bond motifs is 1. The summed E-state index contributed by atoms with van der Waals surface area (Å²) in [4.78, 5) is 34.5. The number of hydrogen-bond acceptors (Lipinski definition) is 8. The molecule has 0 unspecified atom stereocenters. The lowest BCUT2D eigenvalue weighted by molar-refractivity contribution is -0.160. The van der Waals surface area contributed by atoms with Crippen molar-refractivity contribution in [2.45, 2.75) is 105 Å². The molecule has 1 N–H and O–H groups in total. The summed E-state index contributed by atoms with van der Waals surface area (Å²) >= 11 is 0. The fraction of sp³-hybridized carbons (Fsp3) is 0.579. The zero-order valence-electron chi connectivity index (χ0n) is 29.4. The number of piperidine rings is 2. The lowest BCUT2D eigenvalue weighted by Gasteiger charge is -2.41. The maximum atomic E-state index is 12.9. The van der Waals surface area contributed by atoms with Crippen molar-refractivity contribution in [2.75, 3.05) is 47.4 Å². The summed E-state index contributed by atoms with van der Waals surface area (Å²) in [7, 11) is 0. The molecule has 0 spiro atoms. The molecule has 1 atom stereocenters. The first-order valence-electron chi connectivity index (χ1n) is 17.4. The number of pyridine rings is 1. The van der Waals surface area contributed by atoms with Crippen LogP contribution in [0.4, 0.5) is 17.5 Å². The van der Waals surface area contributed by atoms with Gasteiger partial charge in [0.2, 0.25) is 5.95 Å². The number of aromatic nitrogens is 3. The van der Waals surface area contributed by atoms with Gasteiger partial charge in [-0.25, -0.2) is 9.78 Å². The van der Waals surface area contributed by atoms with Crippen molar-refractivity contribution in [3.05, 3.63) is 58.5 Å². The maximum absolute atomic E-state index is 12.9. The molecule has 3 aliphatic heterocycles. The molecule has 2 aromatic heterocycles. The lowest BCUT2D eigenvalue weighted by Crippen LogP contribution is -2.39. The average Bonchev–Trinajstić information content (AvgIpc) is 3.03. The van der Waals surface area contributed by atoms with Gasteiger partial charge in [-0.05, 0) is 101 Å². The topological polar surface area (TPSA) is 94.9 Å². The number of hydrogen-bond donors (Lipinski definition) is 1. The van der Waals surface area contributed by atoms with Crippen LogP contribution in [0.3, 0.4) is 0 Å². The summed E-state index contributed by atoms with van der Waals surface area (Å²) < 4.78 is 6.28. The van der Waals surface area contributed by atoms with E-state index in [1.807, 2.05) is 40.0 Å². The predicted molar refractivity (Wildman–Crippen MR) is 188 cm³/mol. The van der Waals surface area contributed by atoms with E-state index in [4.69, 9.17) is 14.7 Å². The molecule has 5 heterocycles.